The normalized spacial score (nSPS) is 10.4. The quantitative estimate of drug-likeness (QED) is 0.742. The zero-order valence-electron chi connectivity index (χ0n) is 7.35. The first-order valence-corrected chi connectivity index (χ1v) is 4.20. The predicted molar refractivity (Wildman–Crippen MR) is 51.5 cm³/mol. The minimum Gasteiger partial charge on any atom is -0.396 e. The Hall–Kier alpha value is -1.69. The molecule has 0 bridgehead atoms. The van der Waals surface area contributed by atoms with Gasteiger partial charge < -0.3 is 5.73 Å². The van der Waals surface area contributed by atoms with Gasteiger partial charge in [-0.3, -0.25) is 4.98 Å². The smallest absolute Gasteiger partial charge is 0.225 e. The maximum Gasteiger partial charge on any atom is 0.225 e. The standard InChI is InChI=1S/C7H7ClN6/c1-14-12-7(11-13-14)6-5(9)4(8)2-3-10-6/h2-3H,9H2,1H3. The number of hydrogen-bond donors (Lipinski definition) is 1. The monoisotopic (exact) mass is 210 g/mol. The predicted octanol–water partition coefficient (Wildman–Crippen LogP) is 0.508. The summed E-state index contributed by atoms with van der Waals surface area (Å²) in [7, 11) is 1.66. The lowest BCUT2D eigenvalue weighted by atomic mass is 10.3. The van der Waals surface area contributed by atoms with Gasteiger partial charge in [0.25, 0.3) is 0 Å². The molecule has 0 atom stereocenters. The van der Waals surface area contributed by atoms with Crippen molar-refractivity contribution in [2.75, 3.05) is 5.73 Å². The molecule has 72 valence electrons. The number of nitrogens with two attached hydrogens (primary N) is 1. The van der Waals surface area contributed by atoms with Gasteiger partial charge in [-0.25, -0.2) is 0 Å². The van der Waals surface area contributed by atoms with E-state index in [1.165, 1.54) is 4.80 Å². The maximum absolute atomic E-state index is 5.82. The molecule has 0 radical (unpaired) electrons. The van der Waals surface area contributed by atoms with E-state index in [2.05, 4.69) is 20.4 Å². The molecule has 0 unspecified atom stereocenters. The van der Waals surface area contributed by atoms with Crippen molar-refractivity contribution in [3.8, 4) is 11.5 Å². The van der Waals surface area contributed by atoms with Gasteiger partial charge in [-0.1, -0.05) is 11.6 Å². The summed E-state index contributed by atoms with van der Waals surface area (Å²) in [5.41, 5.74) is 6.53. The number of hydrogen-bond acceptors (Lipinski definition) is 5. The molecule has 6 nitrogen and oxygen atoms in total. The first-order chi connectivity index (χ1) is 6.68. The van der Waals surface area contributed by atoms with E-state index in [0.717, 1.165) is 0 Å². The van der Waals surface area contributed by atoms with Crippen LogP contribution >= 0.6 is 11.6 Å². The molecule has 0 saturated heterocycles. The molecule has 0 spiro atoms. The number of anilines is 1. The topological polar surface area (TPSA) is 82.5 Å². The van der Waals surface area contributed by atoms with Gasteiger partial charge in [-0.05, 0) is 11.3 Å². The summed E-state index contributed by atoms with van der Waals surface area (Å²) in [6.07, 6.45) is 1.55. The van der Waals surface area contributed by atoms with Crippen molar-refractivity contribution < 1.29 is 0 Å². The fourth-order valence-electron chi connectivity index (χ4n) is 1.01. The Labute approximate surface area is 84.7 Å². The highest BCUT2D eigenvalue weighted by Gasteiger charge is 2.11. The van der Waals surface area contributed by atoms with Crippen LogP contribution in [-0.2, 0) is 7.05 Å². The van der Waals surface area contributed by atoms with Gasteiger partial charge in [-0.15, -0.1) is 10.2 Å². The van der Waals surface area contributed by atoms with E-state index in [1.807, 2.05) is 0 Å². The molecular weight excluding hydrogens is 204 g/mol. The molecule has 14 heavy (non-hydrogen) atoms. The van der Waals surface area contributed by atoms with E-state index < -0.39 is 0 Å². The minimum atomic E-state index is 0.363. The second kappa shape index (κ2) is 3.22. The van der Waals surface area contributed by atoms with E-state index in [9.17, 15) is 0 Å². The Kier molecular flexibility index (Phi) is 2.05. The summed E-state index contributed by atoms with van der Waals surface area (Å²) in [6.45, 7) is 0. The number of aryl methyl sites for hydroxylation is 1. The van der Waals surface area contributed by atoms with Crippen LogP contribution in [0.15, 0.2) is 12.3 Å². The third-order valence-electron chi connectivity index (χ3n) is 1.66. The van der Waals surface area contributed by atoms with Gasteiger partial charge in [0, 0.05) is 6.20 Å². The molecule has 0 aliphatic rings. The third-order valence-corrected chi connectivity index (χ3v) is 1.99. The number of rotatable bonds is 1. The second-order valence-electron chi connectivity index (χ2n) is 2.66. The number of tetrazole rings is 1. The zero-order valence-corrected chi connectivity index (χ0v) is 8.10. The van der Waals surface area contributed by atoms with Crippen LogP contribution in [0.3, 0.4) is 0 Å². The molecule has 2 aromatic heterocycles. The highest BCUT2D eigenvalue weighted by Crippen LogP contribution is 2.26. The molecule has 2 rings (SSSR count). The summed E-state index contributed by atoms with van der Waals surface area (Å²) in [5, 5.41) is 11.9. The summed E-state index contributed by atoms with van der Waals surface area (Å²) in [5.74, 6) is 0.368. The Balaban J connectivity index is 2.57. The number of nitrogens with zero attached hydrogens (tertiary/aromatic N) is 5. The summed E-state index contributed by atoms with van der Waals surface area (Å²) >= 11 is 5.82. The summed E-state index contributed by atoms with van der Waals surface area (Å²) < 4.78 is 0. The third kappa shape index (κ3) is 1.39. The van der Waals surface area contributed by atoms with Gasteiger partial charge in [0.2, 0.25) is 5.82 Å². The SMILES string of the molecule is Cn1nnc(-c2nccc(Cl)c2N)n1. The van der Waals surface area contributed by atoms with E-state index in [-0.39, 0.29) is 0 Å². The highest BCUT2D eigenvalue weighted by molar-refractivity contribution is 6.33. The van der Waals surface area contributed by atoms with Crippen LogP contribution in [-0.4, -0.2) is 25.2 Å². The molecule has 0 aromatic carbocycles. The first kappa shape index (κ1) is 8.89. The van der Waals surface area contributed by atoms with E-state index >= 15 is 0 Å². The number of pyridine rings is 1. The van der Waals surface area contributed by atoms with E-state index in [0.29, 0.717) is 22.2 Å². The maximum atomic E-state index is 5.82. The molecule has 2 aromatic rings. The highest BCUT2D eigenvalue weighted by atomic mass is 35.5. The molecule has 0 amide bonds. The average molecular weight is 211 g/mol. The van der Waals surface area contributed by atoms with Crippen LogP contribution in [0.5, 0.6) is 0 Å². The Morgan fingerprint density at radius 1 is 1.50 bits per heavy atom. The fourth-order valence-corrected chi connectivity index (χ4v) is 1.15. The van der Waals surface area contributed by atoms with Gasteiger partial charge >= 0.3 is 0 Å². The lowest BCUT2D eigenvalue weighted by Gasteiger charge is -2.00. The van der Waals surface area contributed by atoms with Gasteiger partial charge in [0.05, 0.1) is 17.8 Å². The van der Waals surface area contributed by atoms with Crippen LogP contribution in [0, 0.1) is 0 Å². The molecular formula is C7H7ClN6. The van der Waals surface area contributed by atoms with Crippen molar-refractivity contribution in [1.82, 2.24) is 25.2 Å². The van der Waals surface area contributed by atoms with Crippen LogP contribution in [0.1, 0.15) is 0 Å². The van der Waals surface area contributed by atoms with E-state index in [1.54, 1.807) is 19.3 Å². The zero-order chi connectivity index (χ0) is 10.1. The van der Waals surface area contributed by atoms with Crippen molar-refractivity contribution in [3.63, 3.8) is 0 Å². The Morgan fingerprint density at radius 3 is 2.93 bits per heavy atom. The molecule has 0 aliphatic heterocycles. The van der Waals surface area contributed by atoms with Crippen LogP contribution in [0.25, 0.3) is 11.5 Å². The van der Waals surface area contributed by atoms with Gasteiger partial charge in [0.15, 0.2) is 0 Å². The average Bonchev–Trinajstić information content (AvgIpc) is 2.57. The van der Waals surface area contributed by atoms with Gasteiger partial charge in [-0.2, -0.15) is 4.80 Å². The van der Waals surface area contributed by atoms with Crippen molar-refractivity contribution in [3.05, 3.63) is 17.3 Å². The summed E-state index contributed by atoms with van der Waals surface area (Å²) in [4.78, 5) is 5.37. The van der Waals surface area contributed by atoms with Crippen LogP contribution in [0.4, 0.5) is 5.69 Å². The van der Waals surface area contributed by atoms with Crippen LogP contribution in [0.2, 0.25) is 5.02 Å². The molecule has 0 saturated carbocycles. The molecule has 2 heterocycles. The van der Waals surface area contributed by atoms with Gasteiger partial charge in [0.1, 0.15) is 5.69 Å². The van der Waals surface area contributed by atoms with Crippen molar-refractivity contribution in [2.24, 2.45) is 7.05 Å². The molecule has 2 N–H and O–H groups in total. The minimum absolute atomic E-state index is 0.363. The largest absolute Gasteiger partial charge is 0.396 e. The Bertz CT molecular complexity index is 465. The van der Waals surface area contributed by atoms with E-state index in [4.69, 9.17) is 17.3 Å². The molecule has 0 aliphatic carbocycles. The number of halogens is 1. The Morgan fingerprint density at radius 2 is 2.29 bits per heavy atom. The number of nitrogen functional groups attached to an aromatic ring is 1. The van der Waals surface area contributed by atoms with Crippen molar-refractivity contribution in [2.45, 2.75) is 0 Å². The molecule has 7 heteroatoms. The van der Waals surface area contributed by atoms with Crippen LogP contribution < -0.4 is 5.73 Å². The lowest BCUT2D eigenvalue weighted by molar-refractivity contribution is 0.630. The van der Waals surface area contributed by atoms with Crippen molar-refractivity contribution in [1.29, 1.82) is 0 Å². The fraction of sp³-hybridized carbons (Fsp3) is 0.143. The lowest BCUT2D eigenvalue weighted by Crippen LogP contribution is -1.96. The van der Waals surface area contributed by atoms with Crippen molar-refractivity contribution >= 4 is 17.3 Å². The molecule has 0 fully saturated rings. The summed E-state index contributed by atoms with van der Waals surface area (Å²) in [6, 6.07) is 1.61. The second-order valence-corrected chi connectivity index (χ2v) is 3.06. The first-order valence-electron chi connectivity index (χ1n) is 3.83. The number of aromatic nitrogens is 5.